The predicted octanol–water partition coefficient (Wildman–Crippen LogP) is 1.36. The second-order valence-electron chi connectivity index (χ2n) is 4.93. The van der Waals surface area contributed by atoms with E-state index in [0.29, 0.717) is 0 Å². The van der Waals surface area contributed by atoms with Crippen molar-refractivity contribution in [2.45, 2.75) is 6.10 Å². The molecule has 1 aromatic rings. The van der Waals surface area contributed by atoms with E-state index >= 15 is 0 Å². The molecular weight excluding hydrogens is 275 g/mol. The Morgan fingerprint density at radius 2 is 1.76 bits per heavy atom. The van der Waals surface area contributed by atoms with Crippen LogP contribution in [0.4, 0.5) is 0 Å². The molecule has 1 fully saturated rings. The number of fused-ring (bicyclic) bond motifs is 2. The molecule has 3 aliphatic rings. The molecule has 7 heteroatoms. The molecule has 6 nitrogen and oxygen atoms in total. The molecule has 3 atom stereocenters. The number of carbonyl (C=O) groups excluding carboxylic acids is 2. The van der Waals surface area contributed by atoms with Gasteiger partial charge in [-0.2, -0.15) is 0 Å². The van der Waals surface area contributed by atoms with E-state index in [4.69, 9.17) is 18.6 Å². The number of benzene rings is 1. The third kappa shape index (κ3) is 1.85. The lowest BCUT2D eigenvalue weighted by molar-refractivity contribution is -0.157. The molecule has 1 aliphatic carbocycles. The largest absolute Gasteiger partial charge is 0.718 e. The standard InChI is InChI=1S/C14H10BO6/c16-13-9-5-1-3-7-11(9)18-15(20-13)19-12-8-4-2-6-10(12)14(17)21-15/h1-9,11H/q-1. The first-order valence-corrected chi connectivity index (χ1v) is 6.57. The third-order valence-electron chi connectivity index (χ3n) is 3.57. The SMILES string of the molecule is O=C1O[B-]2(OC(=O)C3C=CC=CC3O2)Oc2ccccc21. The van der Waals surface area contributed by atoms with Gasteiger partial charge in [0, 0.05) is 0 Å². The van der Waals surface area contributed by atoms with Gasteiger partial charge >= 0.3 is 12.9 Å². The molecular formula is C14H10BO6-. The summed E-state index contributed by atoms with van der Waals surface area (Å²) in [5.74, 6) is -1.46. The van der Waals surface area contributed by atoms with Crippen molar-refractivity contribution in [3.63, 3.8) is 0 Å². The summed E-state index contributed by atoms with van der Waals surface area (Å²) in [5, 5.41) is 0. The van der Waals surface area contributed by atoms with Crippen LogP contribution in [0, 0.1) is 5.92 Å². The maximum absolute atomic E-state index is 12.1. The Labute approximate surface area is 120 Å². The van der Waals surface area contributed by atoms with E-state index < -0.39 is 30.9 Å². The van der Waals surface area contributed by atoms with E-state index in [1.165, 1.54) is 0 Å². The topological polar surface area (TPSA) is 71.1 Å². The van der Waals surface area contributed by atoms with Crippen LogP contribution in [0.15, 0.2) is 48.6 Å². The van der Waals surface area contributed by atoms with E-state index in [1.54, 1.807) is 48.6 Å². The van der Waals surface area contributed by atoms with Gasteiger partial charge in [0.15, 0.2) is 0 Å². The number of hydrogen-bond donors (Lipinski definition) is 0. The van der Waals surface area contributed by atoms with Crippen LogP contribution < -0.4 is 4.65 Å². The minimum Gasteiger partial charge on any atom is -0.622 e. The van der Waals surface area contributed by atoms with Crippen molar-refractivity contribution in [2.24, 2.45) is 5.92 Å². The fourth-order valence-electron chi connectivity index (χ4n) is 2.59. The average molecular weight is 285 g/mol. The molecule has 0 radical (unpaired) electrons. The third-order valence-corrected chi connectivity index (χ3v) is 3.57. The van der Waals surface area contributed by atoms with Crippen LogP contribution in [0.3, 0.4) is 0 Å². The zero-order valence-electron chi connectivity index (χ0n) is 10.8. The number of para-hydroxylation sites is 1. The van der Waals surface area contributed by atoms with E-state index in [0.717, 1.165) is 0 Å². The number of allylic oxidation sites excluding steroid dienone is 2. The Morgan fingerprint density at radius 1 is 0.952 bits per heavy atom. The van der Waals surface area contributed by atoms with Crippen molar-refractivity contribution < 1.29 is 28.2 Å². The molecule has 0 bridgehead atoms. The monoisotopic (exact) mass is 285 g/mol. The van der Waals surface area contributed by atoms with Gasteiger partial charge in [-0.3, -0.25) is 9.59 Å². The molecule has 2 aliphatic heterocycles. The summed E-state index contributed by atoms with van der Waals surface area (Å²) < 4.78 is 21.5. The van der Waals surface area contributed by atoms with Crippen molar-refractivity contribution in [1.29, 1.82) is 0 Å². The molecule has 0 amide bonds. The maximum Gasteiger partial charge on any atom is 0.718 e. The first kappa shape index (κ1) is 12.2. The molecule has 21 heavy (non-hydrogen) atoms. The van der Waals surface area contributed by atoms with Crippen LogP contribution >= 0.6 is 0 Å². The first-order chi connectivity index (χ1) is 10.2. The molecule has 3 unspecified atom stereocenters. The molecule has 0 saturated carbocycles. The minimum atomic E-state index is -2.91. The fraction of sp³-hybridized carbons (Fsp3) is 0.143. The van der Waals surface area contributed by atoms with Crippen molar-refractivity contribution in [1.82, 2.24) is 0 Å². The van der Waals surface area contributed by atoms with Crippen LogP contribution in [0.2, 0.25) is 0 Å². The van der Waals surface area contributed by atoms with Gasteiger partial charge < -0.3 is 18.6 Å². The van der Waals surface area contributed by atoms with Gasteiger partial charge in [0.05, 0.1) is 23.3 Å². The average Bonchev–Trinajstić information content (AvgIpc) is 2.47. The Morgan fingerprint density at radius 3 is 2.67 bits per heavy atom. The summed E-state index contributed by atoms with van der Waals surface area (Å²) in [6, 6.07) is 6.56. The van der Waals surface area contributed by atoms with Crippen LogP contribution in [0.25, 0.3) is 0 Å². The van der Waals surface area contributed by atoms with Crippen molar-refractivity contribution >= 4 is 18.9 Å². The van der Waals surface area contributed by atoms with Crippen LogP contribution in [0.1, 0.15) is 10.4 Å². The van der Waals surface area contributed by atoms with E-state index in [1.807, 2.05) is 0 Å². The normalized spacial score (nSPS) is 32.8. The lowest BCUT2D eigenvalue weighted by atomic mass is 9.89. The van der Waals surface area contributed by atoms with Gasteiger partial charge in [-0.25, -0.2) is 0 Å². The van der Waals surface area contributed by atoms with E-state index in [-0.39, 0.29) is 11.3 Å². The number of carbonyl (C=O) groups is 2. The lowest BCUT2D eigenvalue weighted by Crippen LogP contribution is -2.63. The number of rotatable bonds is 0. The highest BCUT2D eigenvalue weighted by atomic mass is 16.9. The Bertz CT molecular complexity index is 696. The highest BCUT2D eigenvalue weighted by molar-refractivity contribution is 6.60. The molecule has 1 saturated heterocycles. The quantitative estimate of drug-likeness (QED) is 0.670. The summed E-state index contributed by atoms with van der Waals surface area (Å²) in [5.41, 5.74) is 0.269. The van der Waals surface area contributed by atoms with Gasteiger partial charge in [-0.1, -0.05) is 36.4 Å². The maximum atomic E-state index is 12.1. The van der Waals surface area contributed by atoms with Crippen LogP contribution in [0.5, 0.6) is 5.75 Å². The zero-order valence-corrected chi connectivity index (χ0v) is 10.8. The van der Waals surface area contributed by atoms with Crippen LogP contribution in [-0.4, -0.2) is 25.0 Å². The van der Waals surface area contributed by atoms with Crippen molar-refractivity contribution in [3.05, 3.63) is 54.1 Å². The van der Waals surface area contributed by atoms with Gasteiger partial charge in [-0.05, 0) is 12.1 Å². The van der Waals surface area contributed by atoms with Crippen molar-refractivity contribution in [3.8, 4) is 5.75 Å². The molecule has 4 rings (SSSR count). The smallest absolute Gasteiger partial charge is 0.622 e. The summed E-state index contributed by atoms with van der Waals surface area (Å²) in [6.07, 6.45) is 6.29. The zero-order chi connectivity index (χ0) is 14.4. The minimum absolute atomic E-state index is 0.269. The fourth-order valence-corrected chi connectivity index (χ4v) is 2.59. The Hall–Kier alpha value is -2.54. The van der Waals surface area contributed by atoms with E-state index in [2.05, 4.69) is 0 Å². The summed E-state index contributed by atoms with van der Waals surface area (Å²) in [4.78, 5) is 24.1. The molecule has 1 aromatic carbocycles. The summed E-state index contributed by atoms with van der Waals surface area (Å²) in [6.45, 7) is -2.91. The van der Waals surface area contributed by atoms with Gasteiger partial charge in [0.25, 0.3) is 5.97 Å². The molecule has 2 heterocycles. The van der Waals surface area contributed by atoms with Crippen molar-refractivity contribution in [2.75, 3.05) is 0 Å². The molecule has 0 N–H and O–H groups in total. The van der Waals surface area contributed by atoms with Crippen LogP contribution in [-0.2, 0) is 18.8 Å². The highest BCUT2D eigenvalue weighted by Crippen LogP contribution is 2.36. The Kier molecular flexibility index (Phi) is 2.46. The highest BCUT2D eigenvalue weighted by Gasteiger charge is 2.53. The lowest BCUT2D eigenvalue weighted by Gasteiger charge is -2.49. The number of hydrogen-bond acceptors (Lipinski definition) is 6. The van der Waals surface area contributed by atoms with Gasteiger partial charge in [0.2, 0.25) is 0 Å². The second-order valence-corrected chi connectivity index (χ2v) is 4.93. The predicted molar refractivity (Wildman–Crippen MR) is 71.0 cm³/mol. The molecule has 1 spiro atoms. The Balaban J connectivity index is 1.70. The van der Waals surface area contributed by atoms with E-state index in [9.17, 15) is 9.59 Å². The van der Waals surface area contributed by atoms with Gasteiger partial charge in [-0.15, -0.1) is 0 Å². The first-order valence-electron chi connectivity index (χ1n) is 6.57. The summed E-state index contributed by atoms with van der Waals surface area (Å²) >= 11 is 0. The molecule has 106 valence electrons. The summed E-state index contributed by atoms with van der Waals surface area (Å²) in [7, 11) is 0. The van der Waals surface area contributed by atoms with Gasteiger partial charge in [0.1, 0.15) is 0 Å². The second kappa shape index (κ2) is 4.23. The molecule has 0 aromatic heterocycles.